The first-order valence-electron chi connectivity index (χ1n) is 9.28. The highest BCUT2D eigenvalue weighted by Gasteiger charge is 2.60. The van der Waals surface area contributed by atoms with Crippen LogP contribution in [-0.4, -0.2) is 51.9 Å². The normalized spacial score (nSPS) is 27.8. The molecule has 2 aromatic carbocycles. The fourth-order valence-corrected chi connectivity index (χ4v) is 4.74. The van der Waals surface area contributed by atoms with Crippen molar-refractivity contribution in [3.63, 3.8) is 0 Å². The highest BCUT2D eigenvalue weighted by atomic mass is 16.5. The molecule has 0 aliphatic carbocycles. The molecule has 29 heavy (non-hydrogen) atoms. The number of carbonyl (C=O) groups is 2. The monoisotopic (exact) mass is 396 g/mol. The molecule has 150 valence electrons. The number of quaternary nitrogens is 1. The molecule has 1 fully saturated rings. The minimum Gasteiger partial charge on any atom is -0.478 e. The van der Waals surface area contributed by atoms with Gasteiger partial charge in [0.1, 0.15) is 18.0 Å². The lowest BCUT2D eigenvalue weighted by atomic mass is 9.79. The lowest BCUT2D eigenvalue weighted by Gasteiger charge is -2.31. The van der Waals surface area contributed by atoms with E-state index in [1.54, 1.807) is 13.1 Å². The van der Waals surface area contributed by atoms with Crippen molar-refractivity contribution in [2.24, 2.45) is 0 Å². The molecular formula is C22H22NO6+. The Hall–Kier alpha value is -3.16. The first kappa shape index (κ1) is 19.2. The van der Waals surface area contributed by atoms with E-state index in [4.69, 9.17) is 4.74 Å². The summed E-state index contributed by atoms with van der Waals surface area (Å²) in [5, 5.41) is 30.8. The Morgan fingerprint density at radius 2 is 1.90 bits per heavy atom. The van der Waals surface area contributed by atoms with Gasteiger partial charge in [-0.1, -0.05) is 36.4 Å². The van der Waals surface area contributed by atoms with Crippen molar-refractivity contribution in [1.82, 2.24) is 0 Å². The van der Waals surface area contributed by atoms with E-state index in [0.29, 0.717) is 17.1 Å². The maximum atomic E-state index is 12.0. The number of aliphatic hydroxyl groups is 1. The van der Waals surface area contributed by atoms with E-state index < -0.39 is 23.5 Å². The average Bonchev–Trinajstić information content (AvgIpc) is 2.88. The summed E-state index contributed by atoms with van der Waals surface area (Å²) in [6.45, 7) is 2.12. The molecule has 0 bridgehead atoms. The zero-order chi connectivity index (χ0) is 21.0. The van der Waals surface area contributed by atoms with E-state index in [0.717, 1.165) is 17.2 Å². The van der Waals surface area contributed by atoms with Gasteiger partial charge in [-0.3, -0.25) is 4.48 Å². The molecule has 7 nitrogen and oxygen atoms in total. The van der Waals surface area contributed by atoms with Crippen molar-refractivity contribution in [1.29, 1.82) is 0 Å². The van der Waals surface area contributed by atoms with E-state index in [1.165, 1.54) is 0 Å². The first-order valence-corrected chi connectivity index (χ1v) is 9.28. The van der Waals surface area contributed by atoms with Crippen LogP contribution >= 0.6 is 0 Å². The van der Waals surface area contributed by atoms with Crippen LogP contribution in [0.3, 0.4) is 0 Å². The van der Waals surface area contributed by atoms with Crippen molar-refractivity contribution in [3.05, 3.63) is 70.9 Å². The lowest BCUT2D eigenvalue weighted by Crippen LogP contribution is -2.46. The highest BCUT2D eigenvalue weighted by molar-refractivity contribution is 5.92. The predicted molar refractivity (Wildman–Crippen MR) is 104 cm³/mol. The fourth-order valence-electron chi connectivity index (χ4n) is 4.74. The molecule has 3 atom stereocenters. The standard InChI is InChI=1S/C22H21NO6/c1-13-6-5-8-15-20(13)29-18-9-4-3-7-14(18)16-11-23(2,12-22(15,16)28)17(21(26)27)10-19(24)25/h3-10,16,28H,11-12H2,1-2H3,(H-,24,25,26,27)/p+1/b17-10-/t16-,22-,23+/m1/s1. The molecule has 7 heteroatoms. The van der Waals surface area contributed by atoms with Crippen LogP contribution in [-0.2, 0) is 15.2 Å². The Morgan fingerprint density at radius 1 is 1.17 bits per heavy atom. The molecule has 1 saturated heterocycles. The van der Waals surface area contributed by atoms with Crippen LogP contribution in [0.2, 0.25) is 0 Å². The number of likely N-dealkylation sites (N-methyl/N-ethyl adjacent to an activating group) is 1. The van der Waals surface area contributed by atoms with Gasteiger partial charge in [-0.25, -0.2) is 9.59 Å². The first-order chi connectivity index (χ1) is 13.7. The van der Waals surface area contributed by atoms with Gasteiger partial charge in [0.05, 0.1) is 25.6 Å². The van der Waals surface area contributed by atoms with E-state index >= 15 is 0 Å². The van der Waals surface area contributed by atoms with Gasteiger partial charge in [0.15, 0.2) is 5.60 Å². The third-order valence-corrected chi connectivity index (χ3v) is 6.00. The van der Waals surface area contributed by atoms with Crippen LogP contribution < -0.4 is 4.74 Å². The van der Waals surface area contributed by atoms with Gasteiger partial charge in [0, 0.05) is 11.1 Å². The molecule has 2 aliphatic rings. The number of nitrogens with zero attached hydrogens (tertiary/aromatic N) is 1. The molecule has 2 heterocycles. The SMILES string of the molecule is Cc1cccc2c1Oc1ccccc1[C@H]1C[N@+](C)(/C(=C\C(=O)O)C(=O)O)C[C@@]21O. The van der Waals surface area contributed by atoms with Gasteiger partial charge in [-0.2, -0.15) is 0 Å². The topological polar surface area (TPSA) is 104 Å². The summed E-state index contributed by atoms with van der Waals surface area (Å²) >= 11 is 0. The van der Waals surface area contributed by atoms with E-state index in [1.807, 2.05) is 43.3 Å². The summed E-state index contributed by atoms with van der Waals surface area (Å²) in [6.07, 6.45) is 0.719. The van der Waals surface area contributed by atoms with Crippen LogP contribution in [0.25, 0.3) is 0 Å². The van der Waals surface area contributed by atoms with Gasteiger partial charge in [0.2, 0.25) is 5.70 Å². The summed E-state index contributed by atoms with van der Waals surface area (Å²) in [4.78, 5) is 23.2. The fraction of sp³-hybridized carbons (Fsp3) is 0.273. The number of aryl methyl sites for hydroxylation is 1. The number of carboxylic acid groups (broad SMARTS) is 2. The summed E-state index contributed by atoms with van der Waals surface area (Å²) in [5.74, 6) is -1.96. The van der Waals surface area contributed by atoms with Crippen molar-refractivity contribution < 1.29 is 34.1 Å². The molecule has 0 unspecified atom stereocenters. The number of rotatable bonds is 3. The van der Waals surface area contributed by atoms with Crippen LogP contribution in [0.15, 0.2) is 54.2 Å². The minimum atomic E-state index is -1.42. The molecule has 0 radical (unpaired) electrons. The number of benzene rings is 2. The van der Waals surface area contributed by atoms with Gasteiger partial charge >= 0.3 is 11.9 Å². The van der Waals surface area contributed by atoms with Crippen LogP contribution in [0, 0.1) is 6.92 Å². The number of carboxylic acids is 2. The Labute approximate surface area is 167 Å². The Balaban J connectivity index is 1.96. The van der Waals surface area contributed by atoms with Crippen LogP contribution in [0.1, 0.15) is 22.6 Å². The quantitative estimate of drug-likeness (QED) is 0.544. The predicted octanol–water partition coefficient (Wildman–Crippen LogP) is 2.59. The van der Waals surface area contributed by atoms with Crippen molar-refractivity contribution in [2.75, 3.05) is 20.1 Å². The second kappa shape index (κ2) is 6.43. The number of aliphatic carboxylic acids is 2. The molecule has 0 amide bonds. The summed E-state index contributed by atoms with van der Waals surface area (Å²) in [7, 11) is 1.65. The maximum Gasteiger partial charge on any atom is 0.390 e. The van der Waals surface area contributed by atoms with Gasteiger partial charge in [-0.15, -0.1) is 0 Å². The van der Waals surface area contributed by atoms with Crippen molar-refractivity contribution in [3.8, 4) is 11.5 Å². The number of ether oxygens (including phenoxy) is 1. The van der Waals surface area contributed by atoms with E-state index in [2.05, 4.69) is 0 Å². The van der Waals surface area contributed by atoms with E-state index in [-0.39, 0.29) is 23.3 Å². The average molecular weight is 396 g/mol. The number of likely N-dealkylation sites (tertiary alicyclic amines) is 1. The molecule has 2 aromatic rings. The third-order valence-electron chi connectivity index (χ3n) is 6.00. The smallest absolute Gasteiger partial charge is 0.390 e. The van der Waals surface area contributed by atoms with Crippen LogP contribution in [0.5, 0.6) is 11.5 Å². The molecule has 2 aliphatic heterocycles. The highest BCUT2D eigenvalue weighted by Crippen LogP contribution is 2.55. The van der Waals surface area contributed by atoms with E-state index in [9.17, 15) is 24.9 Å². The van der Waals surface area contributed by atoms with Gasteiger partial charge in [0.25, 0.3) is 0 Å². The molecular weight excluding hydrogens is 374 g/mol. The lowest BCUT2D eigenvalue weighted by molar-refractivity contribution is -0.860. The molecule has 0 spiro atoms. The molecule has 4 rings (SSSR count). The summed E-state index contributed by atoms with van der Waals surface area (Å²) in [5.41, 5.74) is 0.516. The summed E-state index contributed by atoms with van der Waals surface area (Å²) < 4.78 is 5.97. The number of hydrogen-bond donors (Lipinski definition) is 3. The number of hydrogen-bond acceptors (Lipinski definition) is 4. The molecule has 3 N–H and O–H groups in total. The largest absolute Gasteiger partial charge is 0.478 e. The minimum absolute atomic E-state index is 0.0111. The summed E-state index contributed by atoms with van der Waals surface area (Å²) in [6, 6.07) is 12.9. The van der Waals surface area contributed by atoms with Gasteiger partial charge < -0.3 is 20.1 Å². The maximum absolute atomic E-state index is 12.0. The van der Waals surface area contributed by atoms with Gasteiger partial charge in [-0.05, 0) is 18.6 Å². The second-order valence-corrected chi connectivity index (χ2v) is 7.98. The second-order valence-electron chi connectivity index (χ2n) is 7.98. The zero-order valence-electron chi connectivity index (χ0n) is 16.1. The zero-order valence-corrected chi connectivity index (χ0v) is 16.1. The van der Waals surface area contributed by atoms with Crippen molar-refractivity contribution >= 4 is 11.9 Å². The Morgan fingerprint density at radius 3 is 2.59 bits per heavy atom. The molecule has 0 saturated carbocycles. The Bertz CT molecular complexity index is 1060. The third kappa shape index (κ3) is 2.90. The van der Waals surface area contributed by atoms with Crippen molar-refractivity contribution in [2.45, 2.75) is 18.4 Å². The van der Waals surface area contributed by atoms with Crippen LogP contribution in [0.4, 0.5) is 0 Å². The number of fused-ring (bicyclic) bond motifs is 5. The molecule has 0 aromatic heterocycles. The Kier molecular flexibility index (Phi) is 4.25. The number of para-hydroxylation sites is 2.